The van der Waals surface area contributed by atoms with E-state index in [4.69, 9.17) is 10.8 Å². The molecular formula is C6H13NO3. The zero-order valence-corrected chi connectivity index (χ0v) is 6.04. The number of ether oxygens (including phenoxy) is 1. The molecule has 1 atom stereocenters. The van der Waals surface area contributed by atoms with Gasteiger partial charge in [-0.3, -0.25) is 4.79 Å². The van der Waals surface area contributed by atoms with Crippen LogP contribution < -0.4 is 5.73 Å². The van der Waals surface area contributed by atoms with Crippen LogP contribution in [0.15, 0.2) is 0 Å². The van der Waals surface area contributed by atoms with Crippen LogP contribution in [0.1, 0.15) is 13.3 Å². The Labute approximate surface area is 60.0 Å². The van der Waals surface area contributed by atoms with Gasteiger partial charge in [0.15, 0.2) is 0 Å². The lowest BCUT2D eigenvalue weighted by Gasteiger charge is -2.04. The maximum absolute atomic E-state index is 10.6. The van der Waals surface area contributed by atoms with Crippen LogP contribution in [0.25, 0.3) is 0 Å². The van der Waals surface area contributed by atoms with Gasteiger partial charge in [0.2, 0.25) is 0 Å². The van der Waals surface area contributed by atoms with Gasteiger partial charge in [0, 0.05) is 13.0 Å². The molecule has 0 aliphatic carbocycles. The minimum absolute atomic E-state index is 0.0340. The second-order valence-electron chi connectivity index (χ2n) is 2.03. The minimum atomic E-state index is -0.571. The van der Waals surface area contributed by atoms with Crippen LogP contribution in [0.3, 0.4) is 0 Å². The van der Waals surface area contributed by atoms with Gasteiger partial charge >= 0.3 is 5.97 Å². The van der Waals surface area contributed by atoms with E-state index in [2.05, 4.69) is 4.74 Å². The van der Waals surface area contributed by atoms with Gasteiger partial charge < -0.3 is 15.6 Å². The van der Waals surface area contributed by atoms with Crippen molar-refractivity contribution in [2.75, 3.05) is 13.2 Å². The van der Waals surface area contributed by atoms with E-state index in [1.54, 1.807) is 6.92 Å². The third-order valence-corrected chi connectivity index (χ3v) is 0.919. The van der Waals surface area contributed by atoms with Crippen LogP contribution in [0.5, 0.6) is 0 Å². The molecule has 0 fully saturated rings. The molecule has 0 amide bonds. The van der Waals surface area contributed by atoms with Gasteiger partial charge in [0.1, 0.15) is 6.04 Å². The summed E-state index contributed by atoms with van der Waals surface area (Å²) >= 11 is 0. The molecule has 0 aliphatic heterocycles. The summed E-state index contributed by atoms with van der Waals surface area (Å²) in [6, 6.07) is -0.571. The average molecular weight is 147 g/mol. The second kappa shape index (κ2) is 5.20. The maximum atomic E-state index is 10.6. The summed E-state index contributed by atoms with van der Waals surface area (Å²) in [5.74, 6) is -0.423. The van der Waals surface area contributed by atoms with Crippen LogP contribution in [0.2, 0.25) is 0 Å². The Bertz CT molecular complexity index is 103. The van der Waals surface area contributed by atoms with Crippen molar-refractivity contribution < 1.29 is 14.6 Å². The SMILES string of the molecule is CC(N)C(=O)OCCCO. The first kappa shape index (κ1) is 9.39. The van der Waals surface area contributed by atoms with Crippen LogP contribution >= 0.6 is 0 Å². The zero-order chi connectivity index (χ0) is 7.98. The lowest BCUT2D eigenvalue weighted by Crippen LogP contribution is -2.29. The van der Waals surface area contributed by atoms with Crippen LogP contribution in [0, 0.1) is 0 Å². The molecule has 0 rings (SSSR count). The number of esters is 1. The molecule has 0 aromatic rings. The summed E-state index contributed by atoms with van der Waals surface area (Å²) in [5, 5.41) is 8.30. The number of hydrogen-bond acceptors (Lipinski definition) is 4. The van der Waals surface area contributed by atoms with E-state index in [0.29, 0.717) is 6.42 Å². The molecule has 0 saturated heterocycles. The van der Waals surface area contributed by atoms with Crippen molar-refractivity contribution in [1.82, 2.24) is 0 Å². The highest BCUT2D eigenvalue weighted by atomic mass is 16.5. The smallest absolute Gasteiger partial charge is 0.322 e. The molecule has 0 aromatic heterocycles. The normalized spacial score (nSPS) is 12.7. The Balaban J connectivity index is 3.22. The van der Waals surface area contributed by atoms with E-state index in [-0.39, 0.29) is 13.2 Å². The molecule has 0 bridgehead atoms. The number of hydrogen-bond donors (Lipinski definition) is 2. The Morgan fingerprint density at radius 2 is 2.40 bits per heavy atom. The van der Waals surface area contributed by atoms with Crippen molar-refractivity contribution in [2.24, 2.45) is 5.73 Å². The molecule has 4 nitrogen and oxygen atoms in total. The van der Waals surface area contributed by atoms with E-state index in [0.717, 1.165) is 0 Å². The molecule has 60 valence electrons. The van der Waals surface area contributed by atoms with Crippen molar-refractivity contribution in [3.05, 3.63) is 0 Å². The van der Waals surface area contributed by atoms with Crippen molar-refractivity contribution in [2.45, 2.75) is 19.4 Å². The molecule has 10 heavy (non-hydrogen) atoms. The van der Waals surface area contributed by atoms with Crippen molar-refractivity contribution in [3.8, 4) is 0 Å². The highest BCUT2D eigenvalue weighted by Crippen LogP contribution is 1.85. The Kier molecular flexibility index (Phi) is 4.88. The fraction of sp³-hybridized carbons (Fsp3) is 0.833. The Morgan fingerprint density at radius 1 is 1.80 bits per heavy atom. The first-order chi connectivity index (χ1) is 4.68. The van der Waals surface area contributed by atoms with Gasteiger partial charge in [-0.25, -0.2) is 0 Å². The molecule has 0 aliphatic rings. The van der Waals surface area contributed by atoms with Gasteiger partial charge in [-0.2, -0.15) is 0 Å². The van der Waals surface area contributed by atoms with Gasteiger partial charge in [-0.1, -0.05) is 0 Å². The van der Waals surface area contributed by atoms with E-state index in [9.17, 15) is 4.79 Å². The average Bonchev–Trinajstić information content (AvgIpc) is 1.88. The lowest BCUT2D eigenvalue weighted by atomic mass is 10.4. The van der Waals surface area contributed by atoms with Gasteiger partial charge in [-0.15, -0.1) is 0 Å². The molecule has 1 unspecified atom stereocenters. The third-order valence-electron chi connectivity index (χ3n) is 0.919. The van der Waals surface area contributed by atoms with Gasteiger partial charge in [-0.05, 0) is 6.92 Å². The molecule has 0 saturated carbocycles. The lowest BCUT2D eigenvalue weighted by molar-refractivity contribution is -0.145. The standard InChI is InChI=1S/C6H13NO3/c1-5(7)6(9)10-4-2-3-8/h5,8H,2-4,7H2,1H3. The highest BCUT2D eigenvalue weighted by Gasteiger charge is 2.06. The fourth-order valence-corrected chi connectivity index (χ4v) is 0.369. The van der Waals surface area contributed by atoms with E-state index in [1.165, 1.54) is 0 Å². The number of aliphatic hydroxyl groups excluding tert-OH is 1. The number of rotatable bonds is 4. The monoisotopic (exact) mass is 147 g/mol. The van der Waals surface area contributed by atoms with Crippen molar-refractivity contribution in [1.29, 1.82) is 0 Å². The van der Waals surface area contributed by atoms with Gasteiger partial charge in [0.25, 0.3) is 0 Å². The zero-order valence-electron chi connectivity index (χ0n) is 6.04. The van der Waals surface area contributed by atoms with Crippen molar-refractivity contribution in [3.63, 3.8) is 0 Å². The maximum Gasteiger partial charge on any atom is 0.322 e. The highest BCUT2D eigenvalue weighted by molar-refractivity contribution is 5.74. The van der Waals surface area contributed by atoms with Crippen LogP contribution in [0.4, 0.5) is 0 Å². The Hall–Kier alpha value is -0.610. The third kappa shape index (κ3) is 4.29. The number of nitrogens with two attached hydrogens (primary N) is 1. The topological polar surface area (TPSA) is 72.6 Å². The molecule has 3 N–H and O–H groups in total. The predicted molar refractivity (Wildman–Crippen MR) is 36.3 cm³/mol. The van der Waals surface area contributed by atoms with E-state index >= 15 is 0 Å². The van der Waals surface area contributed by atoms with Crippen molar-refractivity contribution >= 4 is 5.97 Å². The first-order valence-corrected chi connectivity index (χ1v) is 3.21. The summed E-state index contributed by atoms with van der Waals surface area (Å²) in [5.41, 5.74) is 5.18. The molecule has 0 heterocycles. The largest absolute Gasteiger partial charge is 0.464 e. The van der Waals surface area contributed by atoms with Crippen LogP contribution in [-0.4, -0.2) is 30.3 Å². The van der Waals surface area contributed by atoms with Crippen LogP contribution in [-0.2, 0) is 9.53 Å². The first-order valence-electron chi connectivity index (χ1n) is 3.21. The van der Waals surface area contributed by atoms with Gasteiger partial charge in [0.05, 0.1) is 6.61 Å². The summed E-state index contributed by atoms with van der Waals surface area (Å²) in [6.45, 7) is 1.84. The fourth-order valence-electron chi connectivity index (χ4n) is 0.369. The number of carbonyl (C=O) groups is 1. The van der Waals surface area contributed by atoms with E-state index < -0.39 is 12.0 Å². The Morgan fingerprint density at radius 3 is 2.80 bits per heavy atom. The minimum Gasteiger partial charge on any atom is -0.464 e. The summed E-state index contributed by atoms with van der Waals surface area (Å²) in [6.07, 6.45) is 0.471. The number of carbonyl (C=O) groups excluding carboxylic acids is 1. The summed E-state index contributed by atoms with van der Waals surface area (Å²) in [7, 11) is 0. The molecule has 0 spiro atoms. The molecule has 0 aromatic carbocycles. The quantitative estimate of drug-likeness (QED) is 0.406. The molecule has 0 radical (unpaired) electrons. The molecule has 4 heteroatoms. The van der Waals surface area contributed by atoms with E-state index in [1.807, 2.05) is 0 Å². The second-order valence-corrected chi connectivity index (χ2v) is 2.03. The summed E-state index contributed by atoms with van der Waals surface area (Å²) in [4.78, 5) is 10.6. The predicted octanol–water partition coefficient (Wildman–Crippen LogP) is -0.741. The number of aliphatic hydroxyl groups is 1. The summed E-state index contributed by atoms with van der Waals surface area (Å²) < 4.78 is 4.62. The molecular weight excluding hydrogens is 134 g/mol.